The molecule has 1 aromatic heterocycles. The van der Waals surface area contributed by atoms with Crippen LogP contribution in [0, 0.1) is 6.92 Å². The second kappa shape index (κ2) is 6.13. The van der Waals surface area contributed by atoms with E-state index in [1.165, 1.54) is 6.92 Å². The van der Waals surface area contributed by atoms with E-state index >= 15 is 0 Å². The predicted molar refractivity (Wildman–Crippen MR) is 83.8 cm³/mol. The number of ether oxygens (including phenoxy) is 1. The van der Waals surface area contributed by atoms with Crippen molar-refractivity contribution < 1.29 is 9.53 Å². The van der Waals surface area contributed by atoms with Gasteiger partial charge in [0.05, 0.1) is 11.4 Å². The number of amides is 1. The molecule has 0 aliphatic heterocycles. The van der Waals surface area contributed by atoms with Crippen LogP contribution in [0.5, 0.6) is 11.5 Å². The third-order valence-corrected chi connectivity index (χ3v) is 2.96. The van der Waals surface area contributed by atoms with Gasteiger partial charge in [0, 0.05) is 31.8 Å². The van der Waals surface area contributed by atoms with Crippen molar-refractivity contribution >= 4 is 23.1 Å². The highest BCUT2D eigenvalue weighted by Crippen LogP contribution is 2.33. The summed E-state index contributed by atoms with van der Waals surface area (Å²) in [5.74, 6) is 1.54. The van der Waals surface area contributed by atoms with E-state index in [1.807, 2.05) is 20.0 Å². The Bertz CT molecular complexity index is 671. The maximum atomic E-state index is 11.0. The average Bonchev–Trinajstić information content (AvgIpc) is 2.42. The molecule has 0 aliphatic rings. The van der Waals surface area contributed by atoms with E-state index in [2.05, 4.69) is 15.6 Å². The normalized spacial score (nSPS) is 10.0. The quantitative estimate of drug-likeness (QED) is 0.752. The van der Waals surface area contributed by atoms with Crippen molar-refractivity contribution in [3.05, 3.63) is 36.0 Å². The predicted octanol–water partition coefficient (Wildman–Crippen LogP) is 2.76. The first-order valence-corrected chi connectivity index (χ1v) is 6.49. The third-order valence-electron chi connectivity index (χ3n) is 2.96. The number of nitrogen functional groups attached to an aromatic ring is 1. The molecule has 2 aromatic rings. The van der Waals surface area contributed by atoms with Gasteiger partial charge in [-0.15, -0.1) is 0 Å². The minimum absolute atomic E-state index is 0.180. The van der Waals surface area contributed by atoms with Crippen LogP contribution in [-0.2, 0) is 4.79 Å². The minimum atomic E-state index is -0.180. The summed E-state index contributed by atoms with van der Waals surface area (Å²) in [4.78, 5) is 15.1. The number of pyridine rings is 1. The number of nitrogens with two attached hydrogens (primary N) is 1. The number of hydrogen-bond acceptors (Lipinski definition) is 5. The monoisotopic (exact) mass is 286 g/mol. The second-order valence-corrected chi connectivity index (χ2v) is 4.56. The van der Waals surface area contributed by atoms with Crippen LogP contribution >= 0.6 is 0 Å². The Kier molecular flexibility index (Phi) is 4.27. The lowest BCUT2D eigenvalue weighted by atomic mass is 10.1. The molecule has 21 heavy (non-hydrogen) atoms. The zero-order valence-electron chi connectivity index (χ0n) is 12.2. The molecule has 0 spiro atoms. The minimum Gasteiger partial charge on any atom is -0.457 e. The number of rotatable bonds is 4. The molecule has 4 N–H and O–H groups in total. The Morgan fingerprint density at radius 1 is 1.33 bits per heavy atom. The van der Waals surface area contributed by atoms with Crippen LogP contribution in [0.25, 0.3) is 0 Å². The van der Waals surface area contributed by atoms with E-state index in [1.54, 1.807) is 24.4 Å². The van der Waals surface area contributed by atoms with Crippen LogP contribution in [0.15, 0.2) is 30.5 Å². The fourth-order valence-electron chi connectivity index (χ4n) is 2.01. The smallest absolute Gasteiger partial charge is 0.222 e. The lowest BCUT2D eigenvalue weighted by Gasteiger charge is -2.14. The van der Waals surface area contributed by atoms with Crippen molar-refractivity contribution in [1.82, 2.24) is 4.98 Å². The Labute approximate surface area is 123 Å². The van der Waals surface area contributed by atoms with Gasteiger partial charge in [-0.05, 0) is 25.1 Å². The molecular weight excluding hydrogens is 268 g/mol. The van der Waals surface area contributed by atoms with Crippen LogP contribution in [0.1, 0.15) is 12.5 Å². The van der Waals surface area contributed by atoms with Gasteiger partial charge in [0.1, 0.15) is 17.3 Å². The highest BCUT2D eigenvalue weighted by molar-refractivity contribution is 5.87. The van der Waals surface area contributed by atoms with Gasteiger partial charge in [-0.2, -0.15) is 0 Å². The van der Waals surface area contributed by atoms with E-state index in [0.29, 0.717) is 23.0 Å². The third kappa shape index (κ3) is 3.42. The molecule has 1 aromatic carbocycles. The highest BCUT2D eigenvalue weighted by Gasteiger charge is 2.09. The fraction of sp³-hybridized carbons (Fsp3) is 0.200. The standard InChI is InChI=1S/C15H18N4O2/c1-9-13(5-4-12(16)15(9)17-3)21-11-6-7-18-14(8-11)19-10(2)20/h4-8,17H,16H2,1-3H3,(H,18,19,20). The number of anilines is 3. The fourth-order valence-corrected chi connectivity index (χ4v) is 2.01. The van der Waals surface area contributed by atoms with Gasteiger partial charge in [-0.3, -0.25) is 4.79 Å². The zero-order chi connectivity index (χ0) is 15.4. The van der Waals surface area contributed by atoms with Gasteiger partial charge >= 0.3 is 0 Å². The second-order valence-electron chi connectivity index (χ2n) is 4.56. The number of benzene rings is 1. The molecule has 0 saturated carbocycles. The van der Waals surface area contributed by atoms with Gasteiger partial charge in [-0.1, -0.05) is 0 Å². The molecule has 2 rings (SSSR count). The van der Waals surface area contributed by atoms with Gasteiger partial charge < -0.3 is 21.1 Å². The Morgan fingerprint density at radius 3 is 2.76 bits per heavy atom. The summed E-state index contributed by atoms with van der Waals surface area (Å²) >= 11 is 0. The molecule has 0 unspecified atom stereocenters. The molecule has 0 radical (unpaired) electrons. The maximum Gasteiger partial charge on any atom is 0.222 e. The first-order valence-electron chi connectivity index (χ1n) is 6.49. The molecule has 0 fully saturated rings. The van der Waals surface area contributed by atoms with Gasteiger partial charge in [0.25, 0.3) is 0 Å². The van der Waals surface area contributed by atoms with Crippen LogP contribution in [0.3, 0.4) is 0 Å². The van der Waals surface area contributed by atoms with E-state index in [-0.39, 0.29) is 5.91 Å². The molecule has 0 bridgehead atoms. The van der Waals surface area contributed by atoms with E-state index in [4.69, 9.17) is 10.5 Å². The number of aromatic nitrogens is 1. The Hall–Kier alpha value is -2.76. The van der Waals surface area contributed by atoms with Crippen molar-refractivity contribution in [3.63, 3.8) is 0 Å². The van der Waals surface area contributed by atoms with E-state index in [0.717, 1.165) is 11.3 Å². The summed E-state index contributed by atoms with van der Waals surface area (Å²) in [7, 11) is 1.81. The zero-order valence-corrected chi connectivity index (χ0v) is 12.2. The van der Waals surface area contributed by atoms with Gasteiger partial charge in [0.2, 0.25) is 5.91 Å². The van der Waals surface area contributed by atoms with E-state index < -0.39 is 0 Å². The molecule has 0 saturated heterocycles. The summed E-state index contributed by atoms with van der Waals surface area (Å²) in [6.07, 6.45) is 1.58. The average molecular weight is 286 g/mol. The summed E-state index contributed by atoms with van der Waals surface area (Å²) in [5, 5.41) is 5.67. The number of hydrogen-bond donors (Lipinski definition) is 3. The van der Waals surface area contributed by atoms with Crippen molar-refractivity contribution in [2.75, 3.05) is 23.4 Å². The molecule has 110 valence electrons. The summed E-state index contributed by atoms with van der Waals surface area (Å²) < 4.78 is 5.84. The molecule has 6 heteroatoms. The highest BCUT2D eigenvalue weighted by atomic mass is 16.5. The SMILES string of the molecule is CNc1c(N)ccc(Oc2ccnc(NC(C)=O)c2)c1C. The molecule has 6 nitrogen and oxygen atoms in total. The molecule has 1 heterocycles. The van der Waals surface area contributed by atoms with Gasteiger partial charge in [-0.25, -0.2) is 4.98 Å². The Morgan fingerprint density at radius 2 is 2.10 bits per heavy atom. The number of carbonyl (C=O) groups excluding carboxylic acids is 1. The lowest BCUT2D eigenvalue weighted by molar-refractivity contribution is -0.114. The molecular formula is C15H18N4O2. The maximum absolute atomic E-state index is 11.0. The molecule has 0 atom stereocenters. The summed E-state index contributed by atoms with van der Waals surface area (Å²) in [6.45, 7) is 3.35. The van der Waals surface area contributed by atoms with Crippen molar-refractivity contribution in [2.45, 2.75) is 13.8 Å². The topological polar surface area (TPSA) is 89.3 Å². The van der Waals surface area contributed by atoms with Crippen LogP contribution < -0.4 is 21.1 Å². The van der Waals surface area contributed by atoms with Crippen LogP contribution in [0.4, 0.5) is 17.2 Å². The van der Waals surface area contributed by atoms with Gasteiger partial charge in [0.15, 0.2) is 0 Å². The summed E-state index contributed by atoms with van der Waals surface area (Å²) in [6, 6.07) is 6.98. The van der Waals surface area contributed by atoms with Crippen molar-refractivity contribution in [2.24, 2.45) is 0 Å². The van der Waals surface area contributed by atoms with Crippen molar-refractivity contribution in [1.29, 1.82) is 0 Å². The number of nitrogens with zero attached hydrogens (tertiary/aromatic N) is 1. The molecule has 1 amide bonds. The molecule has 0 aliphatic carbocycles. The first-order chi connectivity index (χ1) is 10.0. The summed E-state index contributed by atoms with van der Waals surface area (Å²) in [5.41, 5.74) is 8.31. The van der Waals surface area contributed by atoms with Crippen LogP contribution in [0.2, 0.25) is 0 Å². The first kappa shape index (κ1) is 14.6. The largest absolute Gasteiger partial charge is 0.457 e. The Balaban J connectivity index is 2.28. The number of carbonyl (C=O) groups is 1. The lowest BCUT2D eigenvalue weighted by Crippen LogP contribution is -2.07. The number of nitrogens with one attached hydrogen (secondary N) is 2. The van der Waals surface area contributed by atoms with Crippen molar-refractivity contribution in [3.8, 4) is 11.5 Å². The van der Waals surface area contributed by atoms with E-state index in [9.17, 15) is 4.79 Å². The van der Waals surface area contributed by atoms with Crippen LogP contribution in [-0.4, -0.2) is 17.9 Å².